The van der Waals surface area contributed by atoms with Gasteiger partial charge in [-0.1, -0.05) is 59.2 Å². The second-order valence-corrected chi connectivity index (χ2v) is 11.4. The number of carbonyl (C=O) groups is 1. The van der Waals surface area contributed by atoms with Gasteiger partial charge in [0.2, 0.25) is 0 Å². The first-order valence-electron chi connectivity index (χ1n) is 8.81. The van der Waals surface area contributed by atoms with Crippen LogP contribution in [0.5, 0.6) is 0 Å². The molecular weight excluding hydrogens is 299 g/mol. The zero-order valence-electron chi connectivity index (χ0n) is 16.6. The summed E-state index contributed by atoms with van der Waals surface area (Å²) in [5, 5.41) is 0. The zero-order valence-corrected chi connectivity index (χ0v) is 17.5. The summed E-state index contributed by atoms with van der Waals surface area (Å²) in [6.45, 7) is 19.9. The summed E-state index contributed by atoms with van der Waals surface area (Å²) < 4.78 is 0. The van der Waals surface area contributed by atoms with E-state index in [9.17, 15) is 4.79 Å². The molecule has 0 heterocycles. The predicted octanol–water partition coefficient (Wildman–Crippen LogP) is 6.71. The second kappa shape index (κ2) is 7.93. The van der Waals surface area contributed by atoms with Crippen molar-refractivity contribution in [1.29, 1.82) is 0 Å². The van der Waals surface area contributed by atoms with Crippen LogP contribution in [0.3, 0.4) is 0 Å². The molecule has 0 radical (unpaired) electrons. The molecule has 2 atom stereocenters. The van der Waals surface area contributed by atoms with Gasteiger partial charge in [0.25, 0.3) is 0 Å². The van der Waals surface area contributed by atoms with Gasteiger partial charge < -0.3 is 0 Å². The fourth-order valence-corrected chi connectivity index (χ4v) is 6.13. The Morgan fingerprint density at radius 1 is 1.04 bits per heavy atom. The van der Waals surface area contributed by atoms with Crippen molar-refractivity contribution in [2.24, 2.45) is 11.3 Å². The van der Waals surface area contributed by atoms with E-state index in [0.717, 1.165) is 22.9 Å². The normalized spacial score (nSPS) is 14.9. The summed E-state index contributed by atoms with van der Waals surface area (Å²) in [6, 6.07) is 4.29. The van der Waals surface area contributed by atoms with Crippen molar-refractivity contribution in [1.82, 2.24) is 0 Å². The Bertz CT molecular complexity index is 528. The molecule has 23 heavy (non-hydrogen) atoms. The number of hydrogen-bond acceptors (Lipinski definition) is 1. The standard InChI is InChI=1S/C21H35OP/c1-14(2)23(13-16(4)12-21(7,8)9)20(22)19-17(5)10-15(3)11-18(19)6/h10-11,14,16H,12-13H2,1-9H3. The fraction of sp³-hybridized carbons (Fsp3) is 0.667. The van der Waals surface area contributed by atoms with Gasteiger partial charge in [0.05, 0.1) is 0 Å². The number of rotatable bonds is 6. The molecule has 130 valence electrons. The van der Waals surface area contributed by atoms with Crippen molar-refractivity contribution in [2.45, 2.75) is 74.4 Å². The second-order valence-electron chi connectivity index (χ2n) is 8.69. The predicted molar refractivity (Wildman–Crippen MR) is 105 cm³/mol. The van der Waals surface area contributed by atoms with Gasteiger partial charge in [-0.25, -0.2) is 0 Å². The maximum atomic E-state index is 13.3. The third-order valence-electron chi connectivity index (χ3n) is 4.24. The molecule has 0 aromatic heterocycles. The summed E-state index contributed by atoms with van der Waals surface area (Å²) in [6.07, 6.45) is 2.23. The lowest BCUT2D eigenvalue weighted by Gasteiger charge is -2.29. The first-order valence-corrected chi connectivity index (χ1v) is 10.4. The van der Waals surface area contributed by atoms with Gasteiger partial charge in [-0.15, -0.1) is 0 Å². The van der Waals surface area contributed by atoms with Gasteiger partial charge in [0, 0.05) is 5.56 Å². The topological polar surface area (TPSA) is 17.1 Å². The molecule has 0 saturated carbocycles. The molecule has 0 saturated heterocycles. The van der Waals surface area contributed by atoms with Gasteiger partial charge >= 0.3 is 0 Å². The average molecular weight is 334 g/mol. The van der Waals surface area contributed by atoms with Crippen LogP contribution in [0.4, 0.5) is 0 Å². The summed E-state index contributed by atoms with van der Waals surface area (Å²) in [7, 11) is -0.630. The molecule has 0 aliphatic heterocycles. The van der Waals surface area contributed by atoms with E-state index >= 15 is 0 Å². The number of aryl methyl sites for hydroxylation is 3. The van der Waals surface area contributed by atoms with Crippen molar-refractivity contribution < 1.29 is 4.79 Å². The molecule has 0 bridgehead atoms. The number of carbonyl (C=O) groups excluding carboxylic acids is 1. The van der Waals surface area contributed by atoms with Crippen LogP contribution < -0.4 is 0 Å². The van der Waals surface area contributed by atoms with Crippen molar-refractivity contribution in [3.63, 3.8) is 0 Å². The largest absolute Gasteiger partial charge is 0.289 e. The highest BCUT2D eigenvalue weighted by Gasteiger charge is 2.28. The van der Waals surface area contributed by atoms with Crippen LogP contribution in [0, 0.1) is 32.1 Å². The van der Waals surface area contributed by atoms with Crippen LogP contribution in [0.1, 0.15) is 75.0 Å². The molecule has 0 N–H and O–H groups in total. The van der Waals surface area contributed by atoms with E-state index < -0.39 is 7.92 Å². The van der Waals surface area contributed by atoms with Gasteiger partial charge in [-0.2, -0.15) is 0 Å². The molecule has 0 amide bonds. The minimum Gasteiger partial charge on any atom is -0.289 e. The Kier molecular flexibility index (Phi) is 7.02. The fourth-order valence-electron chi connectivity index (χ4n) is 3.63. The quantitative estimate of drug-likeness (QED) is 0.528. The Labute approximate surface area is 145 Å². The molecule has 1 aromatic rings. The molecule has 2 unspecified atom stereocenters. The summed E-state index contributed by atoms with van der Waals surface area (Å²) in [4.78, 5) is 13.3. The van der Waals surface area contributed by atoms with E-state index in [-0.39, 0.29) is 0 Å². The van der Waals surface area contributed by atoms with E-state index in [4.69, 9.17) is 0 Å². The van der Waals surface area contributed by atoms with Crippen LogP contribution in [-0.2, 0) is 0 Å². The Hall–Kier alpha value is -0.680. The molecule has 0 aliphatic carbocycles. The third kappa shape index (κ3) is 6.03. The molecule has 0 spiro atoms. The van der Waals surface area contributed by atoms with E-state index in [1.54, 1.807) is 0 Å². The van der Waals surface area contributed by atoms with Crippen LogP contribution in [0.2, 0.25) is 0 Å². The molecule has 0 fully saturated rings. The van der Waals surface area contributed by atoms with E-state index in [0.29, 0.717) is 22.5 Å². The minimum absolute atomic E-state index is 0.330. The van der Waals surface area contributed by atoms with Crippen molar-refractivity contribution >= 4 is 13.4 Å². The lowest BCUT2D eigenvalue weighted by atomic mass is 9.86. The number of benzene rings is 1. The first-order chi connectivity index (χ1) is 10.4. The maximum absolute atomic E-state index is 13.3. The molecule has 1 rings (SSSR count). The highest BCUT2D eigenvalue weighted by atomic mass is 31.1. The Balaban J connectivity index is 3.05. The van der Waals surface area contributed by atoms with Crippen LogP contribution in [-0.4, -0.2) is 17.3 Å². The summed E-state index contributed by atoms with van der Waals surface area (Å²) >= 11 is 0. The summed E-state index contributed by atoms with van der Waals surface area (Å²) in [5.41, 5.74) is 5.69. The van der Waals surface area contributed by atoms with Crippen LogP contribution in [0.25, 0.3) is 0 Å². The zero-order chi connectivity index (χ0) is 17.9. The minimum atomic E-state index is -0.630. The maximum Gasteiger partial charge on any atom is 0.184 e. The van der Waals surface area contributed by atoms with Gasteiger partial charge in [0.1, 0.15) is 0 Å². The molecule has 1 aromatic carbocycles. The van der Waals surface area contributed by atoms with E-state index in [1.807, 2.05) is 0 Å². The molecule has 1 nitrogen and oxygen atoms in total. The lowest BCUT2D eigenvalue weighted by Crippen LogP contribution is -2.18. The van der Waals surface area contributed by atoms with E-state index in [1.165, 1.54) is 12.0 Å². The number of hydrogen-bond donors (Lipinski definition) is 0. The lowest BCUT2D eigenvalue weighted by molar-refractivity contribution is 0.107. The Morgan fingerprint density at radius 2 is 1.52 bits per heavy atom. The highest BCUT2D eigenvalue weighted by Crippen LogP contribution is 2.48. The monoisotopic (exact) mass is 334 g/mol. The van der Waals surface area contributed by atoms with Gasteiger partial charge in [0.15, 0.2) is 5.52 Å². The van der Waals surface area contributed by atoms with Crippen LogP contribution >= 0.6 is 7.92 Å². The SMILES string of the molecule is Cc1cc(C)c(C(=O)P(CC(C)CC(C)(C)C)C(C)C)c(C)c1. The van der Waals surface area contributed by atoms with E-state index in [2.05, 4.69) is 74.4 Å². The average Bonchev–Trinajstić information content (AvgIpc) is 2.31. The summed E-state index contributed by atoms with van der Waals surface area (Å²) in [5.74, 6) is 0.596. The highest BCUT2D eigenvalue weighted by molar-refractivity contribution is 7.76. The molecular formula is C21H35OP. The van der Waals surface area contributed by atoms with Crippen LogP contribution in [0.15, 0.2) is 12.1 Å². The van der Waals surface area contributed by atoms with Gasteiger partial charge in [-0.05, 0) is 69.4 Å². The van der Waals surface area contributed by atoms with Crippen molar-refractivity contribution in [3.8, 4) is 0 Å². The molecule has 2 heteroatoms. The smallest absolute Gasteiger partial charge is 0.184 e. The third-order valence-corrected chi connectivity index (χ3v) is 7.25. The first kappa shape index (κ1) is 20.4. The Morgan fingerprint density at radius 3 is 1.91 bits per heavy atom. The van der Waals surface area contributed by atoms with Crippen molar-refractivity contribution in [2.75, 3.05) is 6.16 Å². The molecule has 0 aliphatic rings. The van der Waals surface area contributed by atoms with Crippen molar-refractivity contribution in [3.05, 3.63) is 34.4 Å². The van der Waals surface area contributed by atoms with Gasteiger partial charge in [-0.3, -0.25) is 4.79 Å².